The Morgan fingerprint density at radius 2 is 2.31 bits per heavy atom. The van der Waals surface area contributed by atoms with Crippen LogP contribution >= 0.6 is 31.9 Å². The van der Waals surface area contributed by atoms with E-state index < -0.39 is 0 Å². The van der Waals surface area contributed by atoms with Gasteiger partial charge in [-0.1, -0.05) is 0 Å². The zero-order chi connectivity index (χ0) is 9.84. The van der Waals surface area contributed by atoms with Gasteiger partial charge in [0.05, 0.1) is 17.6 Å². The summed E-state index contributed by atoms with van der Waals surface area (Å²) in [5.41, 5.74) is 0. The van der Waals surface area contributed by atoms with E-state index in [4.69, 9.17) is 9.52 Å². The van der Waals surface area contributed by atoms with Crippen molar-refractivity contribution in [3.63, 3.8) is 0 Å². The third-order valence-electron chi connectivity index (χ3n) is 1.59. The first-order valence-corrected chi connectivity index (χ1v) is 5.50. The molecule has 13 heavy (non-hydrogen) atoms. The standard InChI is InChI=1S/C8H11Br2NO2/c1-5(4-12)11-3-6-2-7(9)8(10)13-6/h2,5,11-12H,3-4H2,1H3. The summed E-state index contributed by atoms with van der Waals surface area (Å²) in [4.78, 5) is 0. The predicted molar refractivity (Wildman–Crippen MR) is 57.5 cm³/mol. The van der Waals surface area contributed by atoms with Gasteiger partial charge >= 0.3 is 0 Å². The Hall–Kier alpha value is 0.160. The maximum absolute atomic E-state index is 8.76. The minimum absolute atomic E-state index is 0.0858. The average Bonchev–Trinajstić information content (AvgIpc) is 2.42. The van der Waals surface area contributed by atoms with Gasteiger partial charge in [-0.15, -0.1) is 0 Å². The highest BCUT2D eigenvalue weighted by Crippen LogP contribution is 2.26. The number of nitrogens with one attached hydrogen (secondary N) is 1. The molecule has 1 aromatic rings. The van der Waals surface area contributed by atoms with Crippen molar-refractivity contribution >= 4 is 31.9 Å². The Labute approximate surface area is 93.8 Å². The van der Waals surface area contributed by atoms with E-state index in [2.05, 4.69) is 37.2 Å². The number of hydrogen-bond acceptors (Lipinski definition) is 3. The molecule has 1 aromatic heterocycles. The van der Waals surface area contributed by atoms with Crippen LogP contribution in [0.25, 0.3) is 0 Å². The highest BCUT2D eigenvalue weighted by molar-refractivity contribution is 9.13. The molecule has 5 heteroatoms. The Morgan fingerprint density at radius 3 is 2.77 bits per heavy atom. The number of aliphatic hydroxyl groups excluding tert-OH is 1. The molecule has 1 unspecified atom stereocenters. The van der Waals surface area contributed by atoms with E-state index >= 15 is 0 Å². The van der Waals surface area contributed by atoms with Crippen LogP contribution in [0.3, 0.4) is 0 Å². The highest BCUT2D eigenvalue weighted by atomic mass is 79.9. The van der Waals surface area contributed by atoms with Gasteiger partial charge in [-0.05, 0) is 44.8 Å². The lowest BCUT2D eigenvalue weighted by Gasteiger charge is -2.07. The maximum Gasteiger partial charge on any atom is 0.183 e. The summed E-state index contributed by atoms with van der Waals surface area (Å²) in [5.74, 6) is 0.832. The fourth-order valence-corrected chi connectivity index (χ4v) is 1.48. The first kappa shape index (κ1) is 11.2. The van der Waals surface area contributed by atoms with Crippen molar-refractivity contribution in [1.82, 2.24) is 5.32 Å². The molecule has 1 heterocycles. The van der Waals surface area contributed by atoms with Crippen LogP contribution in [0.5, 0.6) is 0 Å². The number of rotatable bonds is 4. The number of furan rings is 1. The van der Waals surface area contributed by atoms with E-state index in [0.29, 0.717) is 11.2 Å². The van der Waals surface area contributed by atoms with Crippen molar-refractivity contribution in [1.29, 1.82) is 0 Å². The topological polar surface area (TPSA) is 45.4 Å². The lowest BCUT2D eigenvalue weighted by Crippen LogP contribution is -2.28. The van der Waals surface area contributed by atoms with Crippen LogP contribution < -0.4 is 5.32 Å². The molecule has 3 nitrogen and oxygen atoms in total. The highest BCUT2D eigenvalue weighted by Gasteiger charge is 2.06. The number of aliphatic hydroxyl groups is 1. The van der Waals surface area contributed by atoms with Crippen molar-refractivity contribution in [2.45, 2.75) is 19.5 Å². The second kappa shape index (κ2) is 5.14. The van der Waals surface area contributed by atoms with E-state index in [-0.39, 0.29) is 12.6 Å². The molecule has 0 amide bonds. The van der Waals surface area contributed by atoms with Crippen LogP contribution in [0.1, 0.15) is 12.7 Å². The van der Waals surface area contributed by atoms with Crippen LogP contribution in [-0.2, 0) is 6.54 Å². The van der Waals surface area contributed by atoms with Gasteiger partial charge in [0, 0.05) is 6.04 Å². The van der Waals surface area contributed by atoms with Crippen LogP contribution in [0.2, 0.25) is 0 Å². The van der Waals surface area contributed by atoms with Crippen molar-refractivity contribution in [2.75, 3.05) is 6.61 Å². The summed E-state index contributed by atoms with van der Waals surface area (Å²) >= 11 is 6.57. The molecule has 2 N–H and O–H groups in total. The molecule has 0 aromatic carbocycles. The van der Waals surface area contributed by atoms with Gasteiger partial charge in [0.1, 0.15) is 5.76 Å². The van der Waals surface area contributed by atoms with Crippen LogP contribution in [0, 0.1) is 0 Å². The van der Waals surface area contributed by atoms with Gasteiger partial charge < -0.3 is 14.8 Å². The van der Waals surface area contributed by atoms with Crippen molar-refractivity contribution in [2.24, 2.45) is 0 Å². The Bertz CT molecular complexity index is 256. The summed E-state index contributed by atoms with van der Waals surface area (Å²) < 4.78 is 6.93. The Balaban J connectivity index is 2.45. The molecule has 1 atom stereocenters. The lowest BCUT2D eigenvalue weighted by molar-refractivity contribution is 0.248. The zero-order valence-corrected chi connectivity index (χ0v) is 10.4. The molecular formula is C8H11Br2NO2. The van der Waals surface area contributed by atoms with Gasteiger partial charge in [0.2, 0.25) is 0 Å². The molecule has 74 valence electrons. The maximum atomic E-state index is 8.76. The normalized spacial score (nSPS) is 13.2. The molecule has 0 aliphatic heterocycles. The Morgan fingerprint density at radius 1 is 1.62 bits per heavy atom. The summed E-state index contributed by atoms with van der Waals surface area (Å²) in [6.07, 6.45) is 0. The van der Waals surface area contributed by atoms with Crippen LogP contribution in [-0.4, -0.2) is 17.8 Å². The Kier molecular flexibility index (Phi) is 4.45. The van der Waals surface area contributed by atoms with Crippen molar-refractivity contribution in [3.8, 4) is 0 Å². The van der Waals surface area contributed by atoms with Gasteiger partial charge in [-0.3, -0.25) is 0 Å². The molecular weight excluding hydrogens is 302 g/mol. The molecule has 0 bridgehead atoms. The van der Waals surface area contributed by atoms with Gasteiger partial charge in [0.25, 0.3) is 0 Å². The minimum atomic E-state index is 0.0858. The fraction of sp³-hybridized carbons (Fsp3) is 0.500. The number of halogens is 2. The van der Waals surface area contributed by atoms with Gasteiger partial charge in [-0.25, -0.2) is 0 Å². The summed E-state index contributed by atoms with van der Waals surface area (Å²) in [7, 11) is 0. The van der Waals surface area contributed by atoms with Gasteiger partial charge in [0.15, 0.2) is 4.67 Å². The molecule has 1 rings (SSSR count). The van der Waals surface area contributed by atoms with E-state index in [1.807, 2.05) is 13.0 Å². The minimum Gasteiger partial charge on any atom is -0.452 e. The third-order valence-corrected chi connectivity index (χ3v) is 3.30. The van der Waals surface area contributed by atoms with E-state index in [1.54, 1.807) is 0 Å². The molecule has 0 fully saturated rings. The first-order valence-electron chi connectivity index (χ1n) is 3.91. The number of hydrogen-bond donors (Lipinski definition) is 2. The fourth-order valence-electron chi connectivity index (χ4n) is 0.818. The third kappa shape index (κ3) is 3.42. The van der Waals surface area contributed by atoms with Crippen LogP contribution in [0.15, 0.2) is 19.6 Å². The predicted octanol–water partition coefficient (Wildman–Crippen LogP) is 2.28. The second-order valence-corrected chi connectivity index (χ2v) is 4.37. The average molecular weight is 313 g/mol. The molecule has 0 spiro atoms. The molecule has 0 saturated heterocycles. The second-order valence-electron chi connectivity index (χ2n) is 2.80. The largest absolute Gasteiger partial charge is 0.452 e. The molecule has 0 aliphatic carbocycles. The van der Waals surface area contributed by atoms with E-state index in [9.17, 15) is 0 Å². The lowest BCUT2D eigenvalue weighted by atomic mass is 10.3. The zero-order valence-electron chi connectivity index (χ0n) is 7.18. The molecule has 0 radical (unpaired) electrons. The first-order chi connectivity index (χ1) is 6.13. The van der Waals surface area contributed by atoms with E-state index in [1.165, 1.54) is 0 Å². The van der Waals surface area contributed by atoms with Crippen molar-refractivity contribution < 1.29 is 9.52 Å². The quantitative estimate of drug-likeness (QED) is 0.896. The van der Waals surface area contributed by atoms with E-state index in [0.717, 1.165) is 10.2 Å². The smallest absolute Gasteiger partial charge is 0.183 e. The summed E-state index contributed by atoms with van der Waals surface area (Å²) in [6.45, 7) is 2.65. The molecule has 0 aliphatic rings. The summed E-state index contributed by atoms with van der Waals surface area (Å²) in [6, 6.07) is 1.98. The monoisotopic (exact) mass is 311 g/mol. The van der Waals surface area contributed by atoms with Gasteiger partial charge in [-0.2, -0.15) is 0 Å². The summed E-state index contributed by atoms with van der Waals surface area (Å²) in [5, 5.41) is 11.9. The van der Waals surface area contributed by atoms with Crippen molar-refractivity contribution in [3.05, 3.63) is 21.0 Å². The SMILES string of the molecule is CC(CO)NCc1cc(Br)c(Br)o1. The molecule has 0 saturated carbocycles. The van der Waals surface area contributed by atoms with Crippen LogP contribution in [0.4, 0.5) is 0 Å².